The molecule has 2 heterocycles. The van der Waals surface area contributed by atoms with Crippen LogP contribution in [0.1, 0.15) is 10.5 Å². The monoisotopic (exact) mass is 440 g/mol. The van der Waals surface area contributed by atoms with Crippen molar-refractivity contribution in [2.75, 3.05) is 5.32 Å². The van der Waals surface area contributed by atoms with E-state index in [2.05, 4.69) is 15.3 Å². The quantitative estimate of drug-likeness (QED) is 0.370. The smallest absolute Gasteiger partial charge is 0.276 e. The number of hydrogen-bond donors (Lipinski definition) is 1. The van der Waals surface area contributed by atoms with Crippen molar-refractivity contribution in [3.63, 3.8) is 0 Å². The topological polar surface area (TPSA) is 132 Å². The Hall–Kier alpha value is -3.70. The lowest BCUT2D eigenvalue weighted by Crippen LogP contribution is -2.13. The van der Waals surface area contributed by atoms with Crippen molar-refractivity contribution in [1.29, 1.82) is 0 Å². The Kier molecular flexibility index (Phi) is 4.98. The molecule has 1 N–H and O–H groups in total. The lowest BCUT2D eigenvalue weighted by atomic mass is 10.2. The molecule has 0 spiro atoms. The molecule has 0 unspecified atom stereocenters. The highest BCUT2D eigenvalue weighted by molar-refractivity contribution is 7.93. The summed E-state index contributed by atoms with van der Waals surface area (Å²) in [6, 6.07) is 15.2. The number of aromatic nitrogens is 2. The van der Waals surface area contributed by atoms with Crippen molar-refractivity contribution in [3.05, 3.63) is 82.7 Å². The van der Waals surface area contributed by atoms with Crippen molar-refractivity contribution in [3.8, 4) is 0 Å². The zero-order valence-corrected chi connectivity index (χ0v) is 16.7. The van der Waals surface area contributed by atoms with Crippen LogP contribution in [0.2, 0.25) is 0 Å². The summed E-state index contributed by atoms with van der Waals surface area (Å²) in [6.45, 7) is 0. The number of fused-ring (bicyclic) bond motifs is 1. The molecule has 1 amide bonds. The fourth-order valence-corrected chi connectivity index (χ4v) is 5.09. The molecule has 0 atom stereocenters. The summed E-state index contributed by atoms with van der Waals surface area (Å²) in [7, 11) is -3.92. The van der Waals surface area contributed by atoms with Crippen LogP contribution in [0.25, 0.3) is 10.9 Å². The molecule has 2 aromatic heterocycles. The number of thiazole rings is 1. The molecule has 0 aliphatic rings. The zero-order valence-electron chi connectivity index (χ0n) is 15.1. The number of hydrogen-bond acceptors (Lipinski definition) is 8. The van der Waals surface area contributed by atoms with Crippen molar-refractivity contribution < 1.29 is 18.1 Å². The highest BCUT2D eigenvalue weighted by Crippen LogP contribution is 2.29. The third-order valence-electron chi connectivity index (χ3n) is 4.16. The number of benzene rings is 2. The second-order valence-electron chi connectivity index (χ2n) is 6.08. The molecule has 4 rings (SSSR count). The first-order valence-corrected chi connectivity index (χ1v) is 10.8. The summed E-state index contributed by atoms with van der Waals surface area (Å²) >= 11 is 0.779. The number of anilines is 1. The van der Waals surface area contributed by atoms with Crippen LogP contribution in [0, 0.1) is 10.1 Å². The first kappa shape index (κ1) is 19.6. The first-order valence-electron chi connectivity index (χ1n) is 8.47. The van der Waals surface area contributed by atoms with Crippen LogP contribution in [-0.4, -0.2) is 29.2 Å². The van der Waals surface area contributed by atoms with Gasteiger partial charge in [0.25, 0.3) is 11.6 Å². The van der Waals surface area contributed by atoms with Crippen LogP contribution in [0.4, 0.5) is 10.8 Å². The van der Waals surface area contributed by atoms with Gasteiger partial charge in [0.1, 0.15) is 9.90 Å². The SMILES string of the molecule is O=C(Nc1ncc(S(=O)(=O)c2ccc([N+](=O)[O-])cc2)s1)c1ccc2ccccc2n1. The number of nitrogens with one attached hydrogen (secondary N) is 1. The van der Waals surface area contributed by atoms with Crippen LogP contribution in [0.15, 0.2) is 76.0 Å². The Morgan fingerprint density at radius 1 is 1.03 bits per heavy atom. The van der Waals surface area contributed by atoms with Crippen LogP contribution in [0.3, 0.4) is 0 Å². The van der Waals surface area contributed by atoms with Crippen molar-refractivity contribution >= 4 is 48.8 Å². The molecule has 0 aliphatic heterocycles. The van der Waals surface area contributed by atoms with E-state index < -0.39 is 20.7 Å². The number of sulfone groups is 1. The molecule has 150 valence electrons. The van der Waals surface area contributed by atoms with Crippen molar-refractivity contribution in [1.82, 2.24) is 9.97 Å². The van der Waals surface area contributed by atoms with Gasteiger partial charge in [-0.25, -0.2) is 18.4 Å². The molecular weight excluding hydrogens is 428 g/mol. The number of carbonyl (C=O) groups is 1. The van der Waals surface area contributed by atoms with Gasteiger partial charge in [-0.1, -0.05) is 35.6 Å². The number of carbonyl (C=O) groups excluding carboxylic acids is 1. The molecule has 0 aliphatic carbocycles. The molecule has 11 heteroatoms. The minimum absolute atomic E-state index is 0.0930. The first-order chi connectivity index (χ1) is 14.3. The van der Waals surface area contributed by atoms with Gasteiger partial charge < -0.3 is 0 Å². The average Bonchev–Trinajstić information content (AvgIpc) is 3.22. The Morgan fingerprint density at radius 3 is 2.50 bits per heavy atom. The van der Waals surface area contributed by atoms with Gasteiger partial charge >= 0.3 is 0 Å². The van der Waals surface area contributed by atoms with E-state index in [0.29, 0.717) is 5.52 Å². The average molecular weight is 440 g/mol. The second-order valence-corrected chi connectivity index (χ2v) is 9.29. The van der Waals surface area contributed by atoms with Crippen molar-refractivity contribution in [2.45, 2.75) is 9.10 Å². The second kappa shape index (κ2) is 7.61. The van der Waals surface area contributed by atoms with Gasteiger partial charge in [-0.2, -0.15) is 0 Å². The molecule has 4 aromatic rings. The van der Waals surface area contributed by atoms with Crippen LogP contribution in [0.5, 0.6) is 0 Å². The summed E-state index contributed by atoms with van der Waals surface area (Å²) in [5.41, 5.74) is 0.614. The summed E-state index contributed by atoms with van der Waals surface area (Å²) in [5.74, 6) is -0.519. The number of nitrogens with zero attached hydrogens (tertiary/aromatic N) is 3. The summed E-state index contributed by atoms with van der Waals surface area (Å²) in [4.78, 5) is 30.7. The van der Waals surface area contributed by atoms with Gasteiger partial charge in [-0.05, 0) is 24.3 Å². The summed E-state index contributed by atoms with van der Waals surface area (Å²) in [5, 5.41) is 14.3. The maximum atomic E-state index is 12.7. The molecular formula is C19H12N4O5S2. The van der Waals surface area contributed by atoms with Crippen molar-refractivity contribution in [2.24, 2.45) is 0 Å². The van der Waals surface area contributed by atoms with E-state index in [9.17, 15) is 23.3 Å². The maximum absolute atomic E-state index is 12.7. The predicted octanol–water partition coefficient (Wildman–Crippen LogP) is 3.68. The molecule has 9 nitrogen and oxygen atoms in total. The van der Waals surface area contributed by atoms with E-state index in [4.69, 9.17) is 0 Å². The lowest BCUT2D eigenvalue weighted by Gasteiger charge is -2.03. The van der Waals surface area contributed by atoms with E-state index in [1.807, 2.05) is 18.2 Å². The van der Waals surface area contributed by atoms with E-state index in [1.165, 1.54) is 0 Å². The van der Waals surface area contributed by atoms with Crippen LogP contribution >= 0.6 is 11.3 Å². The largest absolute Gasteiger partial charge is 0.296 e. The van der Waals surface area contributed by atoms with Crippen LogP contribution in [-0.2, 0) is 9.84 Å². The van der Waals surface area contributed by atoms with Gasteiger partial charge in [-0.3, -0.25) is 20.2 Å². The minimum atomic E-state index is -3.92. The summed E-state index contributed by atoms with van der Waals surface area (Å²) in [6.07, 6.45) is 1.13. The maximum Gasteiger partial charge on any atom is 0.276 e. The fraction of sp³-hybridized carbons (Fsp3) is 0. The van der Waals surface area contributed by atoms with Gasteiger partial charge in [0.05, 0.1) is 21.5 Å². The molecule has 0 radical (unpaired) electrons. The Morgan fingerprint density at radius 2 is 1.77 bits per heavy atom. The number of nitro groups is 1. The predicted molar refractivity (Wildman–Crippen MR) is 110 cm³/mol. The van der Waals surface area contributed by atoms with E-state index in [0.717, 1.165) is 47.2 Å². The third-order valence-corrected chi connectivity index (χ3v) is 7.30. The van der Waals surface area contributed by atoms with Crippen LogP contribution < -0.4 is 5.32 Å². The molecule has 0 bridgehead atoms. The number of rotatable bonds is 5. The lowest BCUT2D eigenvalue weighted by molar-refractivity contribution is -0.384. The van der Waals surface area contributed by atoms with E-state index in [1.54, 1.807) is 18.2 Å². The van der Waals surface area contributed by atoms with E-state index >= 15 is 0 Å². The Balaban J connectivity index is 1.55. The third kappa shape index (κ3) is 3.75. The molecule has 2 aromatic carbocycles. The van der Waals surface area contributed by atoms with Gasteiger partial charge in [0, 0.05) is 17.5 Å². The molecule has 30 heavy (non-hydrogen) atoms. The molecule has 0 fully saturated rings. The minimum Gasteiger partial charge on any atom is -0.296 e. The molecule has 0 saturated heterocycles. The van der Waals surface area contributed by atoms with E-state index in [-0.39, 0.29) is 25.6 Å². The van der Waals surface area contributed by atoms with Gasteiger partial charge in [-0.15, -0.1) is 0 Å². The normalized spacial score (nSPS) is 11.3. The zero-order chi connectivity index (χ0) is 21.3. The number of para-hydroxylation sites is 1. The number of nitro benzene ring substituents is 1. The number of non-ortho nitro benzene ring substituents is 1. The standard InChI is InChI=1S/C19H12N4O5S2/c24-18(16-10-5-12-3-1-2-4-15(12)21-16)22-19-20-11-17(29-19)30(27,28)14-8-6-13(7-9-14)23(25)26/h1-11H,(H,20,22,24). The fourth-order valence-electron chi connectivity index (χ4n) is 2.66. The Labute approximate surface area is 174 Å². The van der Waals surface area contributed by atoms with Gasteiger partial charge in [0.15, 0.2) is 5.13 Å². The number of pyridine rings is 1. The Bertz CT molecular complexity index is 1380. The summed E-state index contributed by atoms with van der Waals surface area (Å²) < 4.78 is 25.3. The highest BCUT2D eigenvalue weighted by atomic mass is 32.2. The highest BCUT2D eigenvalue weighted by Gasteiger charge is 2.22. The van der Waals surface area contributed by atoms with Gasteiger partial charge in [0.2, 0.25) is 9.84 Å². The molecule has 0 saturated carbocycles. The number of amides is 1.